The molecule has 0 saturated carbocycles. The van der Waals surface area contributed by atoms with Crippen LogP contribution in [0.25, 0.3) is 0 Å². The molecule has 6 nitrogen and oxygen atoms in total. The van der Waals surface area contributed by atoms with Crippen molar-refractivity contribution < 1.29 is 23.9 Å². The topological polar surface area (TPSA) is 81.7 Å². The van der Waals surface area contributed by atoms with E-state index in [0.29, 0.717) is 23.3 Å². The number of methoxy groups -OCH3 is 1. The second-order valence-corrected chi connectivity index (χ2v) is 5.01. The van der Waals surface area contributed by atoms with Crippen molar-refractivity contribution in [3.8, 4) is 5.75 Å². The van der Waals surface area contributed by atoms with Gasteiger partial charge < -0.3 is 14.8 Å². The van der Waals surface area contributed by atoms with Crippen LogP contribution in [0.3, 0.4) is 0 Å². The maximum Gasteiger partial charge on any atom is 0.338 e. The lowest BCUT2D eigenvalue weighted by molar-refractivity contribution is -0.123. The number of rotatable bonds is 6. The minimum Gasteiger partial charge on any atom is -0.497 e. The van der Waals surface area contributed by atoms with Gasteiger partial charge in [0.15, 0.2) is 6.10 Å². The van der Waals surface area contributed by atoms with Gasteiger partial charge in [0, 0.05) is 17.3 Å². The molecular weight excluding hydrogens is 310 g/mol. The highest BCUT2D eigenvalue weighted by Gasteiger charge is 2.19. The second kappa shape index (κ2) is 7.92. The van der Waals surface area contributed by atoms with Crippen LogP contribution in [-0.4, -0.2) is 31.4 Å². The zero-order valence-corrected chi connectivity index (χ0v) is 13.3. The number of anilines is 1. The zero-order valence-electron chi connectivity index (χ0n) is 13.3. The molecule has 0 heterocycles. The highest BCUT2D eigenvalue weighted by atomic mass is 16.5. The van der Waals surface area contributed by atoms with E-state index >= 15 is 0 Å². The van der Waals surface area contributed by atoms with E-state index < -0.39 is 18.0 Å². The third-order valence-electron chi connectivity index (χ3n) is 3.27. The van der Waals surface area contributed by atoms with E-state index in [9.17, 15) is 14.4 Å². The SMILES string of the molecule is COc1cccc(NC(=O)[C@@H](C)OC(=O)c2ccc(C=O)cc2)c1. The van der Waals surface area contributed by atoms with Gasteiger partial charge in [-0.05, 0) is 31.2 Å². The smallest absolute Gasteiger partial charge is 0.338 e. The average molecular weight is 327 g/mol. The van der Waals surface area contributed by atoms with Gasteiger partial charge in [-0.2, -0.15) is 0 Å². The van der Waals surface area contributed by atoms with Crippen molar-refractivity contribution in [2.24, 2.45) is 0 Å². The fourth-order valence-corrected chi connectivity index (χ4v) is 1.92. The molecule has 1 amide bonds. The van der Waals surface area contributed by atoms with Gasteiger partial charge in [-0.25, -0.2) is 4.79 Å². The van der Waals surface area contributed by atoms with Crippen LogP contribution in [0.4, 0.5) is 5.69 Å². The standard InChI is InChI=1S/C18H17NO5/c1-12(17(21)19-15-4-3-5-16(10-15)23-2)24-18(22)14-8-6-13(11-20)7-9-14/h3-12H,1-2H3,(H,19,21)/t12-/m1/s1. The van der Waals surface area contributed by atoms with Gasteiger partial charge in [0.05, 0.1) is 12.7 Å². The molecule has 0 fully saturated rings. The Morgan fingerprint density at radius 3 is 2.46 bits per heavy atom. The van der Waals surface area contributed by atoms with Crippen molar-refractivity contribution in [1.29, 1.82) is 0 Å². The van der Waals surface area contributed by atoms with E-state index in [0.717, 1.165) is 0 Å². The van der Waals surface area contributed by atoms with Crippen molar-refractivity contribution in [2.45, 2.75) is 13.0 Å². The molecule has 1 N–H and O–H groups in total. The summed E-state index contributed by atoms with van der Waals surface area (Å²) < 4.78 is 10.2. The predicted molar refractivity (Wildman–Crippen MR) is 88.3 cm³/mol. The Hall–Kier alpha value is -3.15. The molecule has 0 aliphatic rings. The van der Waals surface area contributed by atoms with Crippen molar-refractivity contribution in [3.63, 3.8) is 0 Å². The first-order chi connectivity index (χ1) is 11.5. The van der Waals surface area contributed by atoms with Gasteiger partial charge in [0.2, 0.25) is 0 Å². The molecule has 1 atom stereocenters. The number of esters is 1. The zero-order chi connectivity index (χ0) is 17.5. The third kappa shape index (κ3) is 4.42. The summed E-state index contributed by atoms with van der Waals surface area (Å²) in [6.45, 7) is 1.48. The molecule has 6 heteroatoms. The molecule has 124 valence electrons. The number of carbonyl (C=O) groups is 3. The Morgan fingerprint density at radius 2 is 1.83 bits per heavy atom. The first-order valence-electron chi connectivity index (χ1n) is 7.24. The van der Waals surface area contributed by atoms with Crippen LogP contribution in [0.1, 0.15) is 27.6 Å². The molecule has 0 aliphatic heterocycles. The van der Waals surface area contributed by atoms with Gasteiger partial charge in [-0.1, -0.05) is 18.2 Å². The largest absolute Gasteiger partial charge is 0.497 e. The normalized spacial score (nSPS) is 11.2. The molecule has 0 unspecified atom stereocenters. The number of nitrogens with one attached hydrogen (secondary N) is 1. The quantitative estimate of drug-likeness (QED) is 0.651. The number of ether oxygens (including phenoxy) is 2. The van der Waals surface area contributed by atoms with Crippen LogP contribution < -0.4 is 10.1 Å². The maximum absolute atomic E-state index is 12.1. The van der Waals surface area contributed by atoms with Crippen molar-refractivity contribution >= 4 is 23.9 Å². The summed E-state index contributed by atoms with van der Waals surface area (Å²) in [7, 11) is 1.53. The van der Waals surface area contributed by atoms with Gasteiger partial charge in [-0.15, -0.1) is 0 Å². The molecule has 0 aromatic heterocycles. The highest BCUT2D eigenvalue weighted by molar-refractivity contribution is 5.97. The van der Waals surface area contributed by atoms with E-state index in [2.05, 4.69) is 5.32 Å². The van der Waals surface area contributed by atoms with Crippen LogP contribution in [0, 0.1) is 0 Å². The summed E-state index contributed by atoms with van der Waals surface area (Å²) in [4.78, 5) is 34.7. The summed E-state index contributed by atoms with van der Waals surface area (Å²) in [5, 5.41) is 2.65. The minimum absolute atomic E-state index is 0.265. The summed E-state index contributed by atoms with van der Waals surface area (Å²) in [5.41, 5.74) is 1.26. The van der Waals surface area contributed by atoms with Gasteiger partial charge in [-0.3, -0.25) is 9.59 Å². The van der Waals surface area contributed by atoms with Gasteiger partial charge >= 0.3 is 5.97 Å². The molecule has 24 heavy (non-hydrogen) atoms. The van der Waals surface area contributed by atoms with Crippen LogP contribution >= 0.6 is 0 Å². The summed E-state index contributed by atoms with van der Waals surface area (Å²) >= 11 is 0. The van der Waals surface area contributed by atoms with Gasteiger partial charge in [0.25, 0.3) is 5.91 Å². The number of hydrogen-bond donors (Lipinski definition) is 1. The van der Waals surface area contributed by atoms with Crippen LogP contribution in [-0.2, 0) is 9.53 Å². The molecular formula is C18H17NO5. The average Bonchev–Trinajstić information content (AvgIpc) is 2.61. The number of amides is 1. The Labute approximate surface area is 139 Å². The van der Waals surface area contributed by atoms with E-state index in [1.165, 1.54) is 38.3 Å². The lowest BCUT2D eigenvalue weighted by Gasteiger charge is -2.14. The summed E-state index contributed by atoms with van der Waals surface area (Å²) in [6, 6.07) is 12.8. The number of benzene rings is 2. The Kier molecular flexibility index (Phi) is 5.68. The lowest BCUT2D eigenvalue weighted by Crippen LogP contribution is -2.30. The summed E-state index contributed by atoms with van der Waals surface area (Å²) in [6.07, 6.45) is -0.297. The van der Waals surface area contributed by atoms with Crippen molar-refractivity contribution in [1.82, 2.24) is 0 Å². The predicted octanol–water partition coefficient (Wildman–Crippen LogP) is 2.69. The molecule has 2 aromatic rings. The molecule has 0 bridgehead atoms. The van der Waals surface area contributed by atoms with E-state index in [1.807, 2.05) is 0 Å². The molecule has 2 rings (SSSR count). The number of aldehydes is 1. The third-order valence-corrected chi connectivity index (χ3v) is 3.27. The first kappa shape index (κ1) is 17.2. The van der Waals surface area contributed by atoms with E-state index in [-0.39, 0.29) is 5.56 Å². The summed E-state index contributed by atoms with van der Waals surface area (Å²) in [5.74, 6) is -0.491. The lowest BCUT2D eigenvalue weighted by atomic mass is 10.1. The Balaban J connectivity index is 1.97. The van der Waals surface area contributed by atoms with Crippen LogP contribution in [0.15, 0.2) is 48.5 Å². The first-order valence-corrected chi connectivity index (χ1v) is 7.24. The molecule has 0 spiro atoms. The Morgan fingerprint density at radius 1 is 1.12 bits per heavy atom. The minimum atomic E-state index is -0.977. The molecule has 0 saturated heterocycles. The molecule has 0 radical (unpaired) electrons. The molecule has 0 aliphatic carbocycles. The van der Waals surface area contributed by atoms with E-state index in [4.69, 9.17) is 9.47 Å². The fraction of sp³-hybridized carbons (Fsp3) is 0.167. The van der Waals surface area contributed by atoms with Crippen LogP contribution in [0.5, 0.6) is 5.75 Å². The highest BCUT2D eigenvalue weighted by Crippen LogP contribution is 2.17. The monoisotopic (exact) mass is 327 g/mol. The van der Waals surface area contributed by atoms with Crippen LogP contribution in [0.2, 0.25) is 0 Å². The second-order valence-electron chi connectivity index (χ2n) is 5.01. The van der Waals surface area contributed by atoms with Gasteiger partial charge in [0.1, 0.15) is 12.0 Å². The van der Waals surface area contributed by atoms with Crippen molar-refractivity contribution in [2.75, 3.05) is 12.4 Å². The number of carbonyl (C=O) groups excluding carboxylic acids is 3. The van der Waals surface area contributed by atoms with E-state index in [1.54, 1.807) is 24.3 Å². The molecule has 2 aromatic carbocycles. The fourth-order valence-electron chi connectivity index (χ4n) is 1.92. The Bertz CT molecular complexity index is 739. The van der Waals surface area contributed by atoms with Crippen molar-refractivity contribution in [3.05, 3.63) is 59.7 Å². The maximum atomic E-state index is 12.1. The number of hydrogen-bond acceptors (Lipinski definition) is 5.